The van der Waals surface area contributed by atoms with Crippen molar-refractivity contribution in [3.63, 3.8) is 0 Å². The Kier molecular flexibility index (Phi) is 4.39. The van der Waals surface area contributed by atoms with Gasteiger partial charge in [0, 0.05) is 12.1 Å². The number of H-pyrrole nitrogens is 1. The number of carbonyl (C=O) groups excluding carboxylic acids is 2. The van der Waals surface area contributed by atoms with Gasteiger partial charge in [0.1, 0.15) is 5.82 Å². The van der Waals surface area contributed by atoms with E-state index >= 15 is 0 Å². The summed E-state index contributed by atoms with van der Waals surface area (Å²) in [5.41, 5.74) is 1.47. The summed E-state index contributed by atoms with van der Waals surface area (Å²) in [6.45, 7) is 1.95. The Balaban J connectivity index is 1.94. The van der Waals surface area contributed by atoms with Crippen LogP contribution in [-0.4, -0.2) is 28.0 Å². The van der Waals surface area contributed by atoms with Crippen molar-refractivity contribution >= 4 is 35.1 Å². The lowest BCUT2D eigenvalue weighted by atomic mass is 9.92. The zero-order valence-corrected chi connectivity index (χ0v) is 14.0. The summed E-state index contributed by atoms with van der Waals surface area (Å²) in [5.74, 6) is -1.46. The summed E-state index contributed by atoms with van der Waals surface area (Å²) in [5, 5.41) is 5.71. The van der Waals surface area contributed by atoms with E-state index < -0.39 is 17.4 Å². The zero-order valence-electron chi connectivity index (χ0n) is 13.2. The van der Waals surface area contributed by atoms with Gasteiger partial charge in [0.15, 0.2) is 5.16 Å². The molecular weight excluding hydrogens is 328 g/mol. The van der Waals surface area contributed by atoms with Gasteiger partial charge < -0.3 is 15.6 Å². The second kappa shape index (κ2) is 6.48. The topological polar surface area (TPSA) is 104 Å². The molecule has 24 heavy (non-hydrogen) atoms. The van der Waals surface area contributed by atoms with Gasteiger partial charge in [0.25, 0.3) is 5.56 Å². The number of hydrogen-bond acceptors (Lipinski definition) is 5. The van der Waals surface area contributed by atoms with Gasteiger partial charge in [-0.15, -0.1) is 0 Å². The molecule has 0 saturated heterocycles. The smallest absolute Gasteiger partial charge is 0.257 e. The normalized spacial score (nSPS) is 16.2. The number of aromatic amines is 1. The molecule has 0 bridgehead atoms. The minimum atomic E-state index is -0.873. The van der Waals surface area contributed by atoms with Gasteiger partial charge in [0.2, 0.25) is 11.8 Å². The SMILES string of the molecule is CSc1nc2c(c(=O)[nH]1)[C@@H](C(=O)Nc1ccc(C)cc1)CC(=O)N2. The fourth-order valence-corrected chi connectivity index (χ4v) is 2.91. The number of thioether (sulfide) groups is 1. The third-order valence-corrected chi connectivity index (χ3v) is 4.34. The molecule has 3 rings (SSSR count). The van der Waals surface area contributed by atoms with Crippen LogP contribution in [0.1, 0.15) is 23.5 Å². The maximum atomic E-state index is 12.6. The first kappa shape index (κ1) is 16.3. The van der Waals surface area contributed by atoms with Crippen molar-refractivity contribution in [2.45, 2.75) is 24.4 Å². The molecule has 1 atom stereocenters. The summed E-state index contributed by atoms with van der Waals surface area (Å²) in [7, 11) is 0. The van der Waals surface area contributed by atoms with E-state index in [0.29, 0.717) is 10.8 Å². The molecular formula is C16H16N4O3S. The molecule has 0 saturated carbocycles. The van der Waals surface area contributed by atoms with Crippen molar-refractivity contribution in [3.8, 4) is 0 Å². The second-order valence-corrected chi connectivity index (χ2v) is 6.29. The number of hydrogen-bond donors (Lipinski definition) is 3. The first-order valence-corrected chi connectivity index (χ1v) is 8.56. The highest BCUT2D eigenvalue weighted by atomic mass is 32.2. The molecule has 7 nitrogen and oxygen atoms in total. The Bertz CT molecular complexity index is 861. The van der Waals surface area contributed by atoms with Crippen LogP contribution in [0.25, 0.3) is 0 Å². The number of carbonyl (C=O) groups is 2. The molecule has 2 heterocycles. The molecule has 124 valence electrons. The van der Waals surface area contributed by atoms with Gasteiger partial charge in [-0.05, 0) is 25.3 Å². The average Bonchev–Trinajstić information content (AvgIpc) is 2.55. The summed E-state index contributed by atoms with van der Waals surface area (Å²) in [6, 6.07) is 7.29. The fraction of sp³-hybridized carbons (Fsp3) is 0.250. The maximum Gasteiger partial charge on any atom is 0.257 e. The molecule has 1 aliphatic heterocycles. The maximum absolute atomic E-state index is 12.6. The van der Waals surface area contributed by atoms with Crippen molar-refractivity contribution in [1.29, 1.82) is 0 Å². The van der Waals surface area contributed by atoms with Crippen LogP contribution in [0, 0.1) is 6.92 Å². The van der Waals surface area contributed by atoms with Crippen LogP contribution in [0.3, 0.4) is 0 Å². The van der Waals surface area contributed by atoms with Gasteiger partial charge in [0.05, 0.1) is 11.5 Å². The Hall–Kier alpha value is -2.61. The minimum Gasteiger partial charge on any atom is -0.326 e. The number of anilines is 2. The van der Waals surface area contributed by atoms with E-state index in [1.165, 1.54) is 11.8 Å². The molecule has 1 aromatic carbocycles. The van der Waals surface area contributed by atoms with Crippen LogP contribution in [0.4, 0.5) is 11.5 Å². The minimum absolute atomic E-state index is 0.0892. The Morgan fingerprint density at radius 1 is 1.29 bits per heavy atom. The first-order chi connectivity index (χ1) is 11.5. The van der Waals surface area contributed by atoms with Gasteiger partial charge in [-0.1, -0.05) is 29.5 Å². The number of fused-ring (bicyclic) bond motifs is 1. The van der Waals surface area contributed by atoms with Crippen molar-refractivity contribution in [1.82, 2.24) is 9.97 Å². The molecule has 1 aromatic heterocycles. The largest absolute Gasteiger partial charge is 0.326 e. The van der Waals surface area contributed by atoms with Gasteiger partial charge in [-0.3, -0.25) is 14.4 Å². The van der Waals surface area contributed by atoms with E-state index in [1.807, 2.05) is 19.1 Å². The number of nitrogens with one attached hydrogen (secondary N) is 3. The fourth-order valence-electron chi connectivity index (χ4n) is 2.54. The van der Waals surface area contributed by atoms with E-state index in [4.69, 9.17) is 0 Å². The predicted octanol–water partition coefficient (Wildman–Crippen LogP) is 1.86. The Labute approximate surface area is 142 Å². The summed E-state index contributed by atoms with van der Waals surface area (Å²) in [4.78, 5) is 43.6. The van der Waals surface area contributed by atoms with Gasteiger partial charge in [-0.25, -0.2) is 4.98 Å². The molecule has 0 unspecified atom stereocenters. The summed E-state index contributed by atoms with van der Waals surface area (Å²) < 4.78 is 0. The molecule has 8 heteroatoms. The Morgan fingerprint density at radius 2 is 2.00 bits per heavy atom. The van der Waals surface area contributed by atoms with Crippen LogP contribution in [0.5, 0.6) is 0 Å². The van der Waals surface area contributed by atoms with Crippen LogP contribution in [-0.2, 0) is 9.59 Å². The van der Waals surface area contributed by atoms with Crippen LogP contribution in [0.2, 0.25) is 0 Å². The number of amides is 2. The van der Waals surface area contributed by atoms with Crippen molar-refractivity contribution in [3.05, 3.63) is 45.7 Å². The predicted molar refractivity (Wildman–Crippen MR) is 92.4 cm³/mol. The molecule has 3 N–H and O–H groups in total. The number of aromatic nitrogens is 2. The lowest BCUT2D eigenvalue weighted by molar-refractivity contribution is -0.123. The first-order valence-electron chi connectivity index (χ1n) is 7.33. The summed E-state index contributed by atoms with van der Waals surface area (Å²) in [6.07, 6.45) is 1.67. The zero-order chi connectivity index (χ0) is 17.3. The molecule has 0 aliphatic carbocycles. The van der Waals surface area contributed by atoms with Crippen molar-refractivity contribution in [2.75, 3.05) is 16.9 Å². The van der Waals surface area contributed by atoms with Crippen LogP contribution in [0.15, 0.2) is 34.2 Å². The number of nitrogens with zero attached hydrogens (tertiary/aromatic N) is 1. The number of benzene rings is 1. The molecule has 1 aliphatic rings. The van der Waals surface area contributed by atoms with E-state index in [1.54, 1.807) is 18.4 Å². The number of aryl methyl sites for hydroxylation is 1. The van der Waals surface area contributed by atoms with Crippen LogP contribution >= 0.6 is 11.8 Å². The van der Waals surface area contributed by atoms with Gasteiger partial charge >= 0.3 is 0 Å². The van der Waals surface area contributed by atoms with E-state index in [0.717, 1.165) is 5.56 Å². The van der Waals surface area contributed by atoms with Crippen LogP contribution < -0.4 is 16.2 Å². The van der Waals surface area contributed by atoms with Gasteiger partial charge in [-0.2, -0.15) is 0 Å². The van der Waals surface area contributed by atoms with Crippen molar-refractivity contribution in [2.24, 2.45) is 0 Å². The highest BCUT2D eigenvalue weighted by Crippen LogP contribution is 2.30. The Morgan fingerprint density at radius 3 is 2.67 bits per heavy atom. The van der Waals surface area contributed by atoms with E-state index in [9.17, 15) is 14.4 Å². The third-order valence-electron chi connectivity index (χ3n) is 3.76. The second-order valence-electron chi connectivity index (χ2n) is 5.50. The van der Waals surface area contributed by atoms with E-state index in [-0.39, 0.29) is 23.7 Å². The average molecular weight is 344 g/mol. The quantitative estimate of drug-likeness (QED) is 0.582. The summed E-state index contributed by atoms with van der Waals surface area (Å²) >= 11 is 1.25. The highest BCUT2D eigenvalue weighted by molar-refractivity contribution is 7.98. The lowest BCUT2D eigenvalue weighted by Crippen LogP contribution is -2.36. The molecule has 0 spiro atoms. The highest BCUT2D eigenvalue weighted by Gasteiger charge is 2.34. The molecule has 0 fully saturated rings. The third kappa shape index (κ3) is 3.18. The lowest BCUT2D eigenvalue weighted by Gasteiger charge is -2.23. The van der Waals surface area contributed by atoms with Crippen molar-refractivity contribution < 1.29 is 9.59 Å². The number of rotatable bonds is 3. The molecule has 2 amide bonds. The molecule has 2 aromatic rings. The van der Waals surface area contributed by atoms with E-state index in [2.05, 4.69) is 20.6 Å². The standard InChI is InChI=1S/C16H16N4O3S/c1-8-3-5-9(6-4-8)17-14(22)10-7-11(21)18-13-12(10)15(23)20-16(19-13)24-2/h3-6,10H,7H2,1-2H3,(H,17,22)(H2,18,19,20,21,23)/t10-/m0/s1. The monoisotopic (exact) mass is 344 g/mol. The molecule has 0 radical (unpaired) electrons.